The van der Waals surface area contributed by atoms with Crippen LogP contribution < -0.4 is 15.4 Å². The van der Waals surface area contributed by atoms with Crippen LogP contribution >= 0.6 is 0 Å². The Hall–Kier alpha value is -3.00. The Labute approximate surface area is 180 Å². The molecule has 0 aliphatic rings. The van der Waals surface area contributed by atoms with Crippen LogP contribution in [0.3, 0.4) is 0 Å². The lowest BCUT2D eigenvalue weighted by Gasteiger charge is -2.23. The van der Waals surface area contributed by atoms with Crippen LogP contribution in [0.5, 0.6) is 5.75 Å². The first kappa shape index (κ1) is 24.3. The van der Waals surface area contributed by atoms with Crippen LogP contribution in [0.25, 0.3) is 0 Å². The standard InChI is InChI=1S/C23H28F2N2O4/c1-23(2,3)31-22(29)27-20(11-16-8-17(24)12-18(25)9-16)21(28)14-26-13-15-6-5-7-19(10-15)30-4/h5-10,12,20,26H,11,13-14H2,1-4H3,(H,27,29)/t20-/m0/s1. The number of hydrogen-bond donors (Lipinski definition) is 2. The van der Waals surface area contributed by atoms with Gasteiger partial charge in [0.1, 0.15) is 23.0 Å². The summed E-state index contributed by atoms with van der Waals surface area (Å²) < 4.78 is 37.5. The average molecular weight is 434 g/mol. The third-order valence-electron chi connectivity index (χ3n) is 4.20. The highest BCUT2D eigenvalue weighted by Crippen LogP contribution is 2.13. The summed E-state index contributed by atoms with van der Waals surface area (Å²) in [6.45, 7) is 5.43. The zero-order valence-electron chi connectivity index (χ0n) is 18.1. The van der Waals surface area contributed by atoms with E-state index in [1.54, 1.807) is 27.9 Å². The first-order valence-electron chi connectivity index (χ1n) is 9.86. The Morgan fingerprint density at radius 2 is 1.71 bits per heavy atom. The van der Waals surface area contributed by atoms with E-state index in [1.165, 1.54) is 0 Å². The van der Waals surface area contributed by atoms with Gasteiger partial charge in [-0.2, -0.15) is 0 Å². The monoisotopic (exact) mass is 434 g/mol. The Kier molecular flexibility index (Phi) is 8.50. The van der Waals surface area contributed by atoms with Crippen molar-refractivity contribution in [2.45, 2.75) is 45.4 Å². The molecule has 0 saturated heterocycles. The van der Waals surface area contributed by atoms with E-state index in [1.807, 2.05) is 24.3 Å². The van der Waals surface area contributed by atoms with E-state index in [9.17, 15) is 18.4 Å². The fourth-order valence-electron chi connectivity index (χ4n) is 2.90. The van der Waals surface area contributed by atoms with Crippen molar-refractivity contribution >= 4 is 11.9 Å². The molecule has 1 atom stereocenters. The summed E-state index contributed by atoms with van der Waals surface area (Å²) in [7, 11) is 1.57. The number of halogens is 2. The van der Waals surface area contributed by atoms with Gasteiger partial charge in [-0.25, -0.2) is 13.6 Å². The normalized spacial score (nSPS) is 12.2. The maximum atomic E-state index is 13.6. The molecule has 2 aromatic carbocycles. The molecule has 31 heavy (non-hydrogen) atoms. The molecule has 0 fully saturated rings. The molecule has 0 aliphatic carbocycles. The molecular formula is C23H28F2N2O4. The summed E-state index contributed by atoms with van der Waals surface area (Å²) >= 11 is 0. The number of rotatable bonds is 9. The van der Waals surface area contributed by atoms with Gasteiger partial charge in [-0.05, 0) is 56.2 Å². The van der Waals surface area contributed by atoms with Crippen molar-refractivity contribution in [2.75, 3.05) is 13.7 Å². The number of carbonyl (C=O) groups is 2. The summed E-state index contributed by atoms with van der Waals surface area (Å²) in [4.78, 5) is 25.0. The van der Waals surface area contributed by atoms with Crippen LogP contribution in [0, 0.1) is 11.6 Å². The molecule has 6 nitrogen and oxygen atoms in total. The van der Waals surface area contributed by atoms with Crippen molar-refractivity contribution in [3.8, 4) is 5.75 Å². The van der Waals surface area contributed by atoms with Gasteiger partial charge in [-0.3, -0.25) is 4.79 Å². The Balaban J connectivity index is 2.06. The highest BCUT2D eigenvalue weighted by atomic mass is 19.1. The molecule has 0 bridgehead atoms. The van der Waals surface area contributed by atoms with Gasteiger partial charge in [0.2, 0.25) is 0 Å². The lowest BCUT2D eigenvalue weighted by molar-refractivity contribution is -0.120. The van der Waals surface area contributed by atoms with E-state index in [4.69, 9.17) is 9.47 Å². The molecule has 2 N–H and O–H groups in total. The lowest BCUT2D eigenvalue weighted by Crippen LogP contribution is -2.47. The predicted octanol–water partition coefficient (Wildman–Crippen LogP) is 3.77. The number of hydrogen-bond acceptors (Lipinski definition) is 5. The van der Waals surface area contributed by atoms with Gasteiger partial charge in [-0.1, -0.05) is 12.1 Å². The average Bonchev–Trinajstić information content (AvgIpc) is 2.65. The predicted molar refractivity (Wildman–Crippen MR) is 113 cm³/mol. The minimum Gasteiger partial charge on any atom is -0.497 e. The number of nitrogens with one attached hydrogen (secondary N) is 2. The molecule has 1 amide bonds. The molecule has 0 aliphatic heterocycles. The number of amides is 1. The van der Waals surface area contributed by atoms with Crippen LogP contribution in [0.1, 0.15) is 31.9 Å². The van der Waals surface area contributed by atoms with Crippen LogP contribution in [-0.4, -0.2) is 37.2 Å². The number of methoxy groups -OCH3 is 1. The van der Waals surface area contributed by atoms with E-state index in [0.717, 1.165) is 23.8 Å². The number of ketones is 1. The number of benzene rings is 2. The van der Waals surface area contributed by atoms with Gasteiger partial charge in [0.15, 0.2) is 5.78 Å². The molecule has 2 aromatic rings. The second-order valence-electron chi connectivity index (χ2n) is 8.10. The molecule has 8 heteroatoms. The third-order valence-corrected chi connectivity index (χ3v) is 4.20. The molecular weight excluding hydrogens is 406 g/mol. The zero-order valence-corrected chi connectivity index (χ0v) is 18.1. The highest BCUT2D eigenvalue weighted by Gasteiger charge is 2.24. The van der Waals surface area contributed by atoms with E-state index in [0.29, 0.717) is 12.3 Å². The largest absolute Gasteiger partial charge is 0.497 e. The second-order valence-corrected chi connectivity index (χ2v) is 8.10. The topological polar surface area (TPSA) is 76.7 Å². The summed E-state index contributed by atoms with van der Waals surface area (Å²) in [6, 6.07) is 9.35. The van der Waals surface area contributed by atoms with Gasteiger partial charge in [0, 0.05) is 19.0 Å². The maximum Gasteiger partial charge on any atom is 0.408 e. The molecule has 0 unspecified atom stereocenters. The SMILES string of the molecule is COc1cccc(CNCC(=O)[C@H](Cc2cc(F)cc(F)c2)NC(=O)OC(C)(C)C)c1. The summed E-state index contributed by atoms with van der Waals surface area (Å²) in [6.07, 6.45) is -0.858. The van der Waals surface area contributed by atoms with Crippen molar-refractivity contribution in [3.05, 3.63) is 65.2 Å². The van der Waals surface area contributed by atoms with E-state index >= 15 is 0 Å². The Morgan fingerprint density at radius 3 is 2.32 bits per heavy atom. The molecule has 0 saturated carbocycles. The Morgan fingerprint density at radius 1 is 1.03 bits per heavy atom. The van der Waals surface area contributed by atoms with Crippen molar-refractivity contribution in [3.63, 3.8) is 0 Å². The molecule has 168 valence electrons. The first-order valence-corrected chi connectivity index (χ1v) is 9.86. The lowest BCUT2D eigenvalue weighted by atomic mass is 10.0. The molecule has 0 aromatic heterocycles. The minimum atomic E-state index is -1.02. The number of Topliss-reactive ketones (excluding diaryl/α,β-unsaturated/α-hetero) is 1. The van der Waals surface area contributed by atoms with Gasteiger partial charge >= 0.3 is 6.09 Å². The van der Waals surface area contributed by atoms with Gasteiger partial charge in [0.25, 0.3) is 0 Å². The second kappa shape index (κ2) is 10.9. The van der Waals surface area contributed by atoms with Crippen molar-refractivity contribution in [1.29, 1.82) is 0 Å². The molecule has 0 radical (unpaired) electrons. The summed E-state index contributed by atoms with van der Waals surface area (Å²) in [5.74, 6) is -1.16. The van der Waals surface area contributed by atoms with Crippen molar-refractivity contribution in [1.82, 2.24) is 10.6 Å². The smallest absolute Gasteiger partial charge is 0.408 e. The zero-order chi connectivity index (χ0) is 23.0. The maximum absolute atomic E-state index is 13.6. The van der Waals surface area contributed by atoms with Crippen LogP contribution in [0.2, 0.25) is 0 Å². The van der Waals surface area contributed by atoms with Crippen molar-refractivity contribution in [2.24, 2.45) is 0 Å². The number of alkyl carbamates (subject to hydrolysis) is 1. The highest BCUT2D eigenvalue weighted by molar-refractivity contribution is 5.89. The van der Waals surface area contributed by atoms with E-state index in [-0.39, 0.29) is 24.3 Å². The van der Waals surface area contributed by atoms with Crippen LogP contribution in [-0.2, 0) is 22.5 Å². The van der Waals surface area contributed by atoms with Crippen LogP contribution in [0.15, 0.2) is 42.5 Å². The fourth-order valence-corrected chi connectivity index (χ4v) is 2.90. The number of carbonyl (C=O) groups excluding carboxylic acids is 2. The minimum absolute atomic E-state index is 0.0600. The molecule has 0 heterocycles. The number of ether oxygens (including phenoxy) is 2. The van der Waals surface area contributed by atoms with Crippen LogP contribution in [0.4, 0.5) is 13.6 Å². The van der Waals surface area contributed by atoms with Crippen molar-refractivity contribution < 1.29 is 27.8 Å². The van der Waals surface area contributed by atoms with Gasteiger partial charge in [-0.15, -0.1) is 0 Å². The molecule has 0 spiro atoms. The van der Waals surface area contributed by atoms with Gasteiger partial charge in [0.05, 0.1) is 19.7 Å². The fraction of sp³-hybridized carbons (Fsp3) is 0.391. The third kappa shape index (κ3) is 8.72. The summed E-state index contributed by atoms with van der Waals surface area (Å²) in [5.41, 5.74) is 0.406. The molecule has 2 rings (SSSR count). The Bertz CT molecular complexity index is 892. The first-order chi connectivity index (χ1) is 14.6. The van der Waals surface area contributed by atoms with E-state index < -0.39 is 29.4 Å². The van der Waals surface area contributed by atoms with E-state index in [2.05, 4.69) is 10.6 Å². The quantitative estimate of drug-likeness (QED) is 0.628. The summed E-state index contributed by atoms with van der Waals surface area (Å²) in [5, 5.41) is 5.53. The van der Waals surface area contributed by atoms with Gasteiger partial charge < -0.3 is 20.1 Å².